The SMILES string of the molecule is CCCCCCCC(C)C1=C[N]C=CO1. The first-order chi connectivity index (χ1) is 7.34. The molecule has 1 atom stereocenters. The van der Waals surface area contributed by atoms with E-state index in [-0.39, 0.29) is 0 Å². The Morgan fingerprint density at radius 2 is 2.07 bits per heavy atom. The molecule has 1 aliphatic heterocycles. The number of hydrogen-bond donors (Lipinski definition) is 0. The van der Waals surface area contributed by atoms with E-state index in [4.69, 9.17) is 4.74 Å². The summed E-state index contributed by atoms with van der Waals surface area (Å²) in [5.74, 6) is 1.51. The highest BCUT2D eigenvalue weighted by molar-refractivity contribution is 5.03. The fraction of sp³-hybridized carbons (Fsp3) is 0.692. The van der Waals surface area contributed by atoms with Gasteiger partial charge in [0.2, 0.25) is 0 Å². The molecule has 0 aromatic rings. The van der Waals surface area contributed by atoms with Crippen LogP contribution in [0.3, 0.4) is 0 Å². The summed E-state index contributed by atoms with van der Waals surface area (Å²) >= 11 is 0. The number of hydrogen-bond acceptors (Lipinski definition) is 1. The Kier molecular flexibility index (Phi) is 5.98. The van der Waals surface area contributed by atoms with Gasteiger partial charge in [0.15, 0.2) is 0 Å². The third-order valence-corrected chi connectivity index (χ3v) is 2.78. The number of unbranched alkanes of at least 4 members (excludes halogenated alkanes) is 4. The molecule has 0 bridgehead atoms. The molecule has 0 fully saturated rings. The average molecular weight is 208 g/mol. The van der Waals surface area contributed by atoms with Crippen molar-refractivity contribution in [2.24, 2.45) is 5.92 Å². The molecule has 0 saturated carbocycles. The van der Waals surface area contributed by atoms with Crippen LogP contribution in [0, 0.1) is 5.92 Å². The molecule has 0 saturated heterocycles. The molecule has 85 valence electrons. The smallest absolute Gasteiger partial charge is 0.124 e. The molecule has 0 aromatic heterocycles. The fourth-order valence-corrected chi connectivity index (χ4v) is 1.73. The molecular formula is C13H22NO. The van der Waals surface area contributed by atoms with E-state index in [9.17, 15) is 0 Å². The molecule has 0 spiro atoms. The van der Waals surface area contributed by atoms with Crippen molar-refractivity contribution in [2.45, 2.75) is 52.4 Å². The Morgan fingerprint density at radius 1 is 1.27 bits per heavy atom. The molecule has 2 nitrogen and oxygen atoms in total. The highest BCUT2D eigenvalue weighted by Crippen LogP contribution is 2.20. The fourth-order valence-electron chi connectivity index (χ4n) is 1.73. The van der Waals surface area contributed by atoms with Crippen molar-refractivity contribution in [1.82, 2.24) is 5.32 Å². The van der Waals surface area contributed by atoms with Crippen LogP contribution in [-0.2, 0) is 4.74 Å². The zero-order valence-electron chi connectivity index (χ0n) is 9.91. The third kappa shape index (κ3) is 4.91. The second kappa shape index (κ2) is 7.38. The Hall–Kier alpha value is -0.920. The first-order valence-electron chi connectivity index (χ1n) is 6.06. The lowest BCUT2D eigenvalue weighted by molar-refractivity contribution is 0.275. The van der Waals surface area contributed by atoms with E-state index in [1.807, 2.05) is 6.20 Å². The zero-order valence-corrected chi connectivity index (χ0v) is 9.91. The summed E-state index contributed by atoms with van der Waals surface area (Å²) in [6.07, 6.45) is 13.1. The molecule has 15 heavy (non-hydrogen) atoms. The summed E-state index contributed by atoms with van der Waals surface area (Å²) in [6.45, 7) is 4.46. The molecule has 0 aromatic carbocycles. The molecule has 0 amide bonds. The Morgan fingerprint density at radius 3 is 2.73 bits per heavy atom. The van der Waals surface area contributed by atoms with Crippen LogP contribution in [0.1, 0.15) is 52.4 Å². The second-order valence-electron chi connectivity index (χ2n) is 4.19. The van der Waals surface area contributed by atoms with Crippen molar-refractivity contribution in [2.75, 3.05) is 0 Å². The maximum atomic E-state index is 5.40. The molecule has 2 heteroatoms. The van der Waals surface area contributed by atoms with Crippen LogP contribution in [-0.4, -0.2) is 0 Å². The van der Waals surface area contributed by atoms with Crippen LogP contribution < -0.4 is 5.32 Å². The summed E-state index contributed by atoms with van der Waals surface area (Å²) in [5.41, 5.74) is 0. The van der Waals surface area contributed by atoms with Crippen LogP contribution in [0.25, 0.3) is 0 Å². The number of ether oxygens (including phenoxy) is 1. The monoisotopic (exact) mass is 208 g/mol. The summed E-state index contributed by atoms with van der Waals surface area (Å²) in [5, 5.41) is 4.07. The maximum absolute atomic E-state index is 5.40. The first kappa shape index (κ1) is 12.2. The standard InChI is InChI=1S/C13H22NO/c1-3-4-5-6-7-8-12(2)13-11-14-9-10-15-13/h9-12H,3-8H2,1-2H3. The van der Waals surface area contributed by atoms with Gasteiger partial charge in [-0.1, -0.05) is 46.0 Å². The van der Waals surface area contributed by atoms with Crippen LogP contribution in [0.4, 0.5) is 0 Å². The molecule has 1 heterocycles. The lowest BCUT2D eigenvalue weighted by atomic mass is 10.0. The Balaban J connectivity index is 2.07. The molecule has 0 N–H and O–H groups in total. The van der Waals surface area contributed by atoms with E-state index >= 15 is 0 Å². The summed E-state index contributed by atoms with van der Waals surface area (Å²) in [6, 6.07) is 0. The van der Waals surface area contributed by atoms with Gasteiger partial charge in [-0.3, -0.25) is 5.32 Å². The Bertz CT molecular complexity index is 221. The van der Waals surface area contributed by atoms with E-state index in [1.165, 1.54) is 38.5 Å². The number of nitrogens with zero attached hydrogens (tertiary/aromatic N) is 1. The van der Waals surface area contributed by atoms with Crippen LogP contribution in [0.5, 0.6) is 0 Å². The van der Waals surface area contributed by atoms with Crippen molar-refractivity contribution >= 4 is 0 Å². The van der Waals surface area contributed by atoms with Gasteiger partial charge in [-0.15, -0.1) is 0 Å². The Labute approximate surface area is 93.4 Å². The van der Waals surface area contributed by atoms with Gasteiger partial charge in [-0.25, -0.2) is 0 Å². The first-order valence-corrected chi connectivity index (χ1v) is 6.06. The normalized spacial score (nSPS) is 16.5. The zero-order chi connectivity index (χ0) is 10.9. The lowest BCUT2D eigenvalue weighted by Crippen LogP contribution is -2.06. The summed E-state index contributed by atoms with van der Waals surface area (Å²) in [4.78, 5) is 0. The topological polar surface area (TPSA) is 23.3 Å². The van der Waals surface area contributed by atoms with Crippen LogP contribution >= 0.6 is 0 Å². The van der Waals surface area contributed by atoms with Crippen molar-refractivity contribution in [3.05, 3.63) is 24.4 Å². The molecule has 1 radical (unpaired) electrons. The van der Waals surface area contributed by atoms with Gasteiger partial charge >= 0.3 is 0 Å². The highest BCUT2D eigenvalue weighted by Gasteiger charge is 2.11. The quantitative estimate of drug-likeness (QED) is 0.581. The van der Waals surface area contributed by atoms with Gasteiger partial charge in [0.05, 0.1) is 12.4 Å². The molecule has 0 aliphatic carbocycles. The van der Waals surface area contributed by atoms with E-state index in [0.29, 0.717) is 5.92 Å². The van der Waals surface area contributed by atoms with E-state index in [1.54, 1.807) is 12.5 Å². The number of allylic oxidation sites excluding steroid dienone is 1. The van der Waals surface area contributed by atoms with Gasteiger partial charge in [-0.2, -0.15) is 0 Å². The van der Waals surface area contributed by atoms with Crippen molar-refractivity contribution in [3.8, 4) is 0 Å². The minimum Gasteiger partial charge on any atom is -0.466 e. The predicted molar refractivity (Wildman–Crippen MR) is 63.0 cm³/mol. The maximum Gasteiger partial charge on any atom is 0.124 e. The van der Waals surface area contributed by atoms with Gasteiger partial charge in [0.1, 0.15) is 12.0 Å². The molecular weight excluding hydrogens is 186 g/mol. The molecule has 1 aliphatic rings. The van der Waals surface area contributed by atoms with Gasteiger partial charge in [0, 0.05) is 5.92 Å². The summed E-state index contributed by atoms with van der Waals surface area (Å²) in [7, 11) is 0. The largest absolute Gasteiger partial charge is 0.466 e. The van der Waals surface area contributed by atoms with Crippen LogP contribution in [0.2, 0.25) is 0 Å². The second-order valence-corrected chi connectivity index (χ2v) is 4.19. The van der Waals surface area contributed by atoms with Gasteiger partial charge in [-0.05, 0) is 6.42 Å². The van der Waals surface area contributed by atoms with Gasteiger partial charge < -0.3 is 4.74 Å². The van der Waals surface area contributed by atoms with Crippen molar-refractivity contribution in [1.29, 1.82) is 0 Å². The molecule has 1 unspecified atom stereocenters. The van der Waals surface area contributed by atoms with Gasteiger partial charge in [0.25, 0.3) is 0 Å². The molecule has 1 rings (SSSR count). The average Bonchev–Trinajstić information content (AvgIpc) is 2.30. The van der Waals surface area contributed by atoms with E-state index in [0.717, 1.165) is 5.76 Å². The van der Waals surface area contributed by atoms with Crippen molar-refractivity contribution < 1.29 is 4.74 Å². The third-order valence-electron chi connectivity index (χ3n) is 2.78. The highest BCUT2D eigenvalue weighted by atomic mass is 16.5. The van der Waals surface area contributed by atoms with Crippen molar-refractivity contribution in [3.63, 3.8) is 0 Å². The minimum atomic E-state index is 0.500. The minimum absolute atomic E-state index is 0.500. The predicted octanol–water partition coefficient (Wildman–Crippen LogP) is 3.93. The van der Waals surface area contributed by atoms with Crippen LogP contribution in [0.15, 0.2) is 24.4 Å². The summed E-state index contributed by atoms with van der Waals surface area (Å²) < 4.78 is 5.40. The van der Waals surface area contributed by atoms with E-state index in [2.05, 4.69) is 19.2 Å². The van der Waals surface area contributed by atoms with E-state index < -0.39 is 0 Å². The lowest BCUT2D eigenvalue weighted by Gasteiger charge is -2.16. The number of rotatable bonds is 7.